The monoisotopic (exact) mass is 352 g/mol. The maximum Gasteiger partial charge on any atom is 0.277 e. The van der Waals surface area contributed by atoms with E-state index < -0.39 is 0 Å². The Morgan fingerprint density at radius 1 is 1.14 bits per heavy atom. The van der Waals surface area contributed by atoms with E-state index in [1.165, 1.54) is 11.8 Å². The van der Waals surface area contributed by atoms with Crippen LogP contribution in [-0.4, -0.2) is 17.0 Å². The zero-order chi connectivity index (χ0) is 14.9. The van der Waals surface area contributed by atoms with E-state index in [2.05, 4.69) is 10.2 Å². The van der Waals surface area contributed by atoms with Crippen molar-refractivity contribution in [3.63, 3.8) is 0 Å². The van der Waals surface area contributed by atoms with Gasteiger partial charge in [0.2, 0.25) is 12.7 Å². The van der Waals surface area contributed by atoms with Crippen molar-refractivity contribution in [3.05, 3.63) is 39.5 Å². The first kappa shape index (κ1) is 13.9. The Morgan fingerprint density at radius 2 is 2.05 bits per heavy atom. The minimum Gasteiger partial charge on any atom is -0.454 e. The molecule has 0 spiro atoms. The summed E-state index contributed by atoms with van der Waals surface area (Å²) < 4.78 is 17.1. The van der Waals surface area contributed by atoms with Gasteiger partial charge in [0.25, 0.3) is 5.22 Å². The molecule has 112 valence electrons. The number of rotatable bonds is 4. The van der Waals surface area contributed by atoms with Crippen LogP contribution in [0.15, 0.2) is 40.0 Å². The first-order valence-electron chi connectivity index (χ1n) is 6.38. The molecule has 1 aliphatic heterocycles. The molecule has 0 aliphatic carbocycles. The van der Waals surface area contributed by atoms with Gasteiger partial charge in [-0.25, -0.2) is 0 Å². The largest absolute Gasteiger partial charge is 0.454 e. The van der Waals surface area contributed by atoms with Crippen molar-refractivity contribution in [2.45, 2.75) is 11.0 Å². The van der Waals surface area contributed by atoms with Gasteiger partial charge in [0, 0.05) is 16.2 Å². The van der Waals surface area contributed by atoms with Crippen molar-refractivity contribution in [3.8, 4) is 23.0 Å². The van der Waals surface area contributed by atoms with Crippen LogP contribution in [0, 0.1) is 0 Å². The number of thioether (sulfide) groups is 1. The third-order valence-electron chi connectivity index (χ3n) is 2.99. The molecule has 8 heteroatoms. The lowest BCUT2D eigenvalue weighted by Gasteiger charge is -1.98. The van der Waals surface area contributed by atoms with Gasteiger partial charge in [-0.1, -0.05) is 23.4 Å². The van der Waals surface area contributed by atoms with Crippen LogP contribution >= 0.6 is 34.7 Å². The summed E-state index contributed by atoms with van der Waals surface area (Å²) >= 11 is 8.94. The van der Waals surface area contributed by atoms with Crippen LogP contribution < -0.4 is 9.47 Å². The summed E-state index contributed by atoms with van der Waals surface area (Å²) in [6.07, 6.45) is 0. The molecule has 1 aromatic carbocycles. The third kappa shape index (κ3) is 2.79. The Balaban J connectivity index is 1.49. The number of nitrogens with zero attached hydrogens (tertiary/aromatic N) is 2. The maximum absolute atomic E-state index is 5.91. The van der Waals surface area contributed by atoms with E-state index in [4.69, 9.17) is 25.5 Å². The second-order valence-electron chi connectivity index (χ2n) is 4.44. The zero-order valence-electron chi connectivity index (χ0n) is 11.1. The van der Waals surface area contributed by atoms with Gasteiger partial charge in [-0.05, 0) is 30.3 Å². The average Bonchev–Trinajstić information content (AvgIpc) is 3.24. The standard InChI is InChI=1S/C14H9ClN2O3S2/c15-12-4-2-9(22-12)6-21-14-17-16-13(20-14)8-1-3-10-11(5-8)19-7-18-10/h1-5H,6-7H2. The fourth-order valence-electron chi connectivity index (χ4n) is 1.98. The molecule has 3 heterocycles. The van der Waals surface area contributed by atoms with E-state index in [0.717, 1.165) is 26.3 Å². The molecule has 0 unspecified atom stereocenters. The molecule has 3 aromatic rings. The molecular formula is C14H9ClN2O3S2. The molecule has 0 fully saturated rings. The first-order chi connectivity index (χ1) is 10.8. The van der Waals surface area contributed by atoms with Gasteiger partial charge in [-0.15, -0.1) is 21.5 Å². The van der Waals surface area contributed by atoms with Gasteiger partial charge in [0.15, 0.2) is 11.5 Å². The molecule has 0 N–H and O–H groups in total. The molecule has 1 aliphatic rings. The lowest BCUT2D eigenvalue weighted by molar-refractivity contribution is 0.174. The zero-order valence-corrected chi connectivity index (χ0v) is 13.5. The lowest BCUT2D eigenvalue weighted by Crippen LogP contribution is -1.92. The highest BCUT2D eigenvalue weighted by Gasteiger charge is 2.16. The van der Waals surface area contributed by atoms with Crippen molar-refractivity contribution < 1.29 is 13.9 Å². The quantitative estimate of drug-likeness (QED) is 0.645. The highest BCUT2D eigenvalue weighted by molar-refractivity contribution is 7.98. The second-order valence-corrected chi connectivity index (χ2v) is 7.16. The fourth-order valence-corrected chi connectivity index (χ4v) is 3.87. The average molecular weight is 353 g/mol. The highest BCUT2D eigenvalue weighted by atomic mass is 35.5. The normalized spacial score (nSPS) is 12.8. The van der Waals surface area contributed by atoms with Gasteiger partial charge in [-0.2, -0.15) is 0 Å². The Morgan fingerprint density at radius 3 is 2.91 bits per heavy atom. The maximum atomic E-state index is 5.91. The van der Waals surface area contributed by atoms with E-state index in [9.17, 15) is 0 Å². The van der Waals surface area contributed by atoms with Crippen molar-refractivity contribution in [2.24, 2.45) is 0 Å². The molecule has 0 amide bonds. The van der Waals surface area contributed by atoms with Crippen molar-refractivity contribution >= 4 is 34.7 Å². The molecular weight excluding hydrogens is 344 g/mol. The number of halogens is 1. The predicted molar refractivity (Wildman–Crippen MR) is 84.7 cm³/mol. The van der Waals surface area contributed by atoms with Crippen LogP contribution in [0.1, 0.15) is 4.88 Å². The number of hydrogen-bond acceptors (Lipinski definition) is 7. The third-order valence-corrected chi connectivity index (χ3v) is 5.27. The number of ether oxygens (including phenoxy) is 2. The topological polar surface area (TPSA) is 57.4 Å². The minimum atomic E-state index is 0.243. The number of aromatic nitrogens is 2. The number of fused-ring (bicyclic) bond motifs is 1. The van der Waals surface area contributed by atoms with E-state index in [-0.39, 0.29) is 6.79 Å². The SMILES string of the molecule is Clc1ccc(CSc2nnc(-c3ccc4c(c3)OCO4)o2)s1. The predicted octanol–water partition coefficient (Wildman–Crippen LogP) is 4.47. The van der Waals surface area contributed by atoms with Gasteiger partial charge < -0.3 is 13.9 Å². The molecule has 2 aromatic heterocycles. The number of benzene rings is 1. The summed E-state index contributed by atoms with van der Waals surface area (Å²) in [4.78, 5) is 1.16. The van der Waals surface area contributed by atoms with Crippen LogP contribution in [0.5, 0.6) is 11.5 Å². The Bertz CT molecular complexity index is 818. The molecule has 4 rings (SSSR count). The van der Waals surface area contributed by atoms with E-state index in [1.807, 2.05) is 30.3 Å². The lowest BCUT2D eigenvalue weighted by atomic mass is 10.2. The van der Waals surface area contributed by atoms with Gasteiger partial charge in [0.1, 0.15) is 0 Å². The summed E-state index contributed by atoms with van der Waals surface area (Å²) in [5.41, 5.74) is 0.808. The Kier molecular flexibility index (Phi) is 3.69. The molecule has 0 atom stereocenters. The summed E-state index contributed by atoms with van der Waals surface area (Å²) in [5.74, 6) is 2.63. The van der Waals surface area contributed by atoms with Crippen LogP contribution in [0.4, 0.5) is 0 Å². The summed E-state index contributed by atoms with van der Waals surface area (Å²) in [7, 11) is 0. The molecule has 22 heavy (non-hydrogen) atoms. The summed E-state index contributed by atoms with van der Waals surface area (Å²) in [6.45, 7) is 0.243. The van der Waals surface area contributed by atoms with Gasteiger partial charge >= 0.3 is 0 Å². The van der Waals surface area contributed by atoms with Crippen LogP contribution in [-0.2, 0) is 5.75 Å². The Hall–Kier alpha value is -1.70. The van der Waals surface area contributed by atoms with Crippen molar-refractivity contribution in [2.75, 3.05) is 6.79 Å². The highest BCUT2D eigenvalue weighted by Crippen LogP contribution is 2.36. The van der Waals surface area contributed by atoms with Gasteiger partial charge in [0.05, 0.1) is 4.34 Å². The van der Waals surface area contributed by atoms with Crippen LogP contribution in [0.25, 0.3) is 11.5 Å². The van der Waals surface area contributed by atoms with E-state index >= 15 is 0 Å². The van der Waals surface area contributed by atoms with E-state index in [1.54, 1.807) is 11.3 Å². The molecule has 0 saturated heterocycles. The minimum absolute atomic E-state index is 0.243. The van der Waals surface area contributed by atoms with Gasteiger partial charge in [-0.3, -0.25) is 0 Å². The number of hydrogen-bond donors (Lipinski definition) is 0. The number of thiophene rings is 1. The molecule has 0 radical (unpaired) electrons. The summed E-state index contributed by atoms with van der Waals surface area (Å²) in [5, 5.41) is 8.65. The van der Waals surface area contributed by atoms with Crippen molar-refractivity contribution in [1.29, 1.82) is 0 Å². The van der Waals surface area contributed by atoms with Crippen molar-refractivity contribution in [1.82, 2.24) is 10.2 Å². The van der Waals surface area contributed by atoms with Crippen LogP contribution in [0.3, 0.4) is 0 Å². The smallest absolute Gasteiger partial charge is 0.277 e. The fraction of sp³-hybridized carbons (Fsp3) is 0.143. The van der Waals surface area contributed by atoms with E-state index in [0.29, 0.717) is 16.9 Å². The van der Waals surface area contributed by atoms with Crippen LogP contribution in [0.2, 0.25) is 4.34 Å². The molecule has 5 nitrogen and oxygen atoms in total. The molecule has 0 bridgehead atoms. The second kappa shape index (κ2) is 5.83. The first-order valence-corrected chi connectivity index (χ1v) is 8.56. The summed E-state index contributed by atoms with van der Waals surface area (Å²) in [6, 6.07) is 9.42. The molecule has 0 saturated carbocycles. The Labute approximate surface area is 139 Å².